The normalized spacial score (nSPS) is 21.5. The first-order valence-corrected chi connectivity index (χ1v) is 10.8. The lowest BCUT2D eigenvalue weighted by atomic mass is 9.93. The number of para-hydroxylation sites is 1. The van der Waals surface area contributed by atoms with Gasteiger partial charge in [0.15, 0.2) is 0 Å². The zero-order chi connectivity index (χ0) is 20.4. The highest BCUT2D eigenvalue weighted by molar-refractivity contribution is 7.87. The molecular weight excluding hydrogens is 366 g/mol. The second-order valence-electron chi connectivity index (χ2n) is 7.75. The predicted octanol–water partition coefficient (Wildman–Crippen LogP) is 3.41. The van der Waals surface area contributed by atoms with Crippen LogP contribution < -0.4 is 10.0 Å². The van der Waals surface area contributed by atoms with Crippen LogP contribution in [-0.4, -0.2) is 44.1 Å². The molecule has 1 fully saturated rings. The number of amides is 2. The monoisotopic (exact) mass is 397 g/mol. The highest BCUT2D eigenvalue weighted by Crippen LogP contribution is 2.32. The minimum Gasteiger partial charge on any atom is -0.378 e. The van der Waals surface area contributed by atoms with Crippen LogP contribution in [0.4, 0.5) is 10.5 Å². The zero-order valence-electron chi connectivity index (χ0n) is 16.9. The first-order valence-electron chi connectivity index (χ1n) is 9.37. The Labute approximate surface area is 162 Å². The van der Waals surface area contributed by atoms with Gasteiger partial charge in [0, 0.05) is 17.8 Å². The van der Waals surface area contributed by atoms with Crippen molar-refractivity contribution in [3.8, 4) is 0 Å². The number of morpholine rings is 1. The molecular formula is C19H31N3O4S. The van der Waals surface area contributed by atoms with Gasteiger partial charge in [0.25, 0.3) is 0 Å². The highest BCUT2D eigenvalue weighted by atomic mass is 32.2. The summed E-state index contributed by atoms with van der Waals surface area (Å²) in [5.41, 5.74) is 2.63. The number of urea groups is 1. The van der Waals surface area contributed by atoms with E-state index in [0.717, 1.165) is 11.1 Å². The molecule has 27 heavy (non-hydrogen) atoms. The highest BCUT2D eigenvalue weighted by Gasteiger charge is 2.36. The molecule has 1 aromatic carbocycles. The van der Waals surface area contributed by atoms with Gasteiger partial charge in [0.2, 0.25) is 0 Å². The Hall–Kier alpha value is -1.64. The van der Waals surface area contributed by atoms with Crippen molar-refractivity contribution in [1.29, 1.82) is 0 Å². The maximum absolute atomic E-state index is 12.7. The summed E-state index contributed by atoms with van der Waals surface area (Å²) < 4.78 is 34.3. The van der Waals surface area contributed by atoms with E-state index < -0.39 is 16.2 Å². The van der Waals surface area contributed by atoms with Crippen molar-refractivity contribution in [2.75, 3.05) is 18.5 Å². The number of hydrogen-bond acceptors (Lipinski definition) is 4. The van der Waals surface area contributed by atoms with Crippen LogP contribution in [0.2, 0.25) is 0 Å². The summed E-state index contributed by atoms with van der Waals surface area (Å²) in [6, 6.07) is 4.43. The molecule has 0 aromatic heterocycles. The summed E-state index contributed by atoms with van der Waals surface area (Å²) >= 11 is 0. The Bertz CT molecular complexity index is 741. The fourth-order valence-corrected chi connectivity index (χ4v) is 4.93. The van der Waals surface area contributed by atoms with Gasteiger partial charge in [0.05, 0.1) is 13.2 Å². The van der Waals surface area contributed by atoms with E-state index in [-0.39, 0.29) is 23.9 Å². The lowest BCUT2D eigenvalue weighted by Gasteiger charge is -2.37. The van der Waals surface area contributed by atoms with E-state index >= 15 is 0 Å². The first kappa shape index (κ1) is 21.7. The van der Waals surface area contributed by atoms with Gasteiger partial charge in [-0.15, -0.1) is 0 Å². The molecule has 2 rings (SSSR count). The van der Waals surface area contributed by atoms with Crippen molar-refractivity contribution < 1.29 is 17.9 Å². The average Bonchev–Trinajstić information content (AvgIpc) is 2.53. The van der Waals surface area contributed by atoms with Crippen LogP contribution in [0.15, 0.2) is 18.2 Å². The van der Waals surface area contributed by atoms with Gasteiger partial charge in [-0.3, -0.25) is 0 Å². The Morgan fingerprint density at radius 1 is 1.07 bits per heavy atom. The Morgan fingerprint density at radius 2 is 1.56 bits per heavy atom. The lowest BCUT2D eigenvalue weighted by Crippen LogP contribution is -2.57. The van der Waals surface area contributed by atoms with E-state index in [2.05, 4.69) is 10.0 Å². The number of carbonyl (C=O) groups is 1. The molecule has 0 spiro atoms. The summed E-state index contributed by atoms with van der Waals surface area (Å²) in [5, 5.41) is 2.78. The predicted molar refractivity (Wildman–Crippen MR) is 107 cm³/mol. The molecule has 2 N–H and O–H groups in total. The topological polar surface area (TPSA) is 87.7 Å². The number of carbonyl (C=O) groups excluding carboxylic acids is 1. The number of nitrogens with zero attached hydrogens (tertiary/aromatic N) is 1. The van der Waals surface area contributed by atoms with E-state index in [4.69, 9.17) is 4.74 Å². The Morgan fingerprint density at radius 3 is 2.00 bits per heavy atom. The van der Waals surface area contributed by atoms with Gasteiger partial charge in [-0.2, -0.15) is 12.7 Å². The first-order chi connectivity index (χ1) is 12.5. The van der Waals surface area contributed by atoms with Crippen LogP contribution in [0.1, 0.15) is 64.5 Å². The van der Waals surface area contributed by atoms with E-state index in [1.165, 1.54) is 4.31 Å². The quantitative estimate of drug-likeness (QED) is 0.797. The maximum Gasteiger partial charge on any atom is 0.333 e. The van der Waals surface area contributed by atoms with Crippen molar-refractivity contribution in [3.05, 3.63) is 29.3 Å². The van der Waals surface area contributed by atoms with Crippen LogP contribution in [0.3, 0.4) is 0 Å². The Balaban J connectivity index is 2.25. The molecule has 0 saturated carbocycles. The number of benzene rings is 1. The number of nitrogens with one attached hydrogen (secondary N) is 2. The molecule has 0 aliphatic carbocycles. The number of ether oxygens (including phenoxy) is 1. The van der Waals surface area contributed by atoms with Gasteiger partial charge in [-0.05, 0) is 36.8 Å². The fourth-order valence-electron chi connectivity index (χ4n) is 3.47. The SMILES string of the molecule is CC(C)c1cccc(C(C)C)c1NC(=O)NS(=O)(=O)N1C(C)COCC1C. The molecule has 1 aliphatic heterocycles. The third kappa shape index (κ3) is 5.00. The largest absolute Gasteiger partial charge is 0.378 e. The average molecular weight is 398 g/mol. The van der Waals surface area contributed by atoms with Crippen LogP contribution in [0.25, 0.3) is 0 Å². The minimum absolute atomic E-state index is 0.190. The molecule has 0 radical (unpaired) electrons. The molecule has 2 atom stereocenters. The third-order valence-electron chi connectivity index (χ3n) is 4.70. The van der Waals surface area contributed by atoms with Crippen LogP contribution in [0.5, 0.6) is 0 Å². The summed E-state index contributed by atoms with van der Waals surface area (Å²) in [7, 11) is -3.98. The molecule has 1 saturated heterocycles. The summed E-state index contributed by atoms with van der Waals surface area (Å²) in [4.78, 5) is 12.6. The zero-order valence-corrected chi connectivity index (χ0v) is 17.8. The number of hydrogen-bond donors (Lipinski definition) is 2. The van der Waals surface area contributed by atoms with Gasteiger partial charge >= 0.3 is 16.2 Å². The van der Waals surface area contributed by atoms with Crippen LogP contribution in [0, 0.1) is 0 Å². The summed E-state index contributed by atoms with van der Waals surface area (Å²) in [6.45, 7) is 12.3. The molecule has 1 heterocycles. The van der Waals surface area contributed by atoms with E-state index in [1.807, 2.05) is 45.9 Å². The van der Waals surface area contributed by atoms with Gasteiger partial charge in [0.1, 0.15) is 0 Å². The van der Waals surface area contributed by atoms with Crippen molar-refractivity contribution in [2.24, 2.45) is 0 Å². The summed E-state index contributed by atoms with van der Waals surface area (Å²) in [6.07, 6.45) is 0. The molecule has 1 aromatic rings. The summed E-state index contributed by atoms with van der Waals surface area (Å²) in [5.74, 6) is 0.379. The van der Waals surface area contributed by atoms with Crippen molar-refractivity contribution in [1.82, 2.24) is 9.03 Å². The van der Waals surface area contributed by atoms with Gasteiger partial charge < -0.3 is 10.1 Å². The molecule has 2 unspecified atom stereocenters. The second kappa shape index (κ2) is 8.58. The van der Waals surface area contributed by atoms with Gasteiger partial charge in [-0.1, -0.05) is 45.9 Å². The molecule has 8 heteroatoms. The molecule has 1 aliphatic rings. The van der Waals surface area contributed by atoms with E-state index in [1.54, 1.807) is 13.8 Å². The smallest absolute Gasteiger partial charge is 0.333 e. The maximum atomic E-state index is 12.7. The lowest BCUT2D eigenvalue weighted by molar-refractivity contribution is 0.00598. The molecule has 2 amide bonds. The Kier molecular flexibility index (Phi) is 6.88. The number of rotatable bonds is 5. The molecule has 7 nitrogen and oxygen atoms in total. The molecule has 0 bridgehead atoms. The fraction of sp³-hybridized carbons (Fsp3) is 0.632. The minimum atomic E-state index is -3.98. The van der Waals surface area contributed by atoms with Crippen molar-refractivity contribution >= 4 is 21.9 Å². The van der Waals surface area contributed by atoms with E-state index in [9.17, 15) is 13.2 Å². The number of anilines is 1. The van der Waals surface area contributed by atoms with E-state index in [0.29, 0.717) is 18.9 Å². The standard InChI is InChI=1S/C19H31N3O4S/c1-12(2)16-8-7-9-17(13(3)4)18(16)20-19(23)21-27(24,25)22-14(5)10-26-11-15(22)6/h7-9,12-15H,10-11H2,1-6H3,(H2,20,21,23). The second-order valence-corrected chi connectivity index (χ2v) is 9.32. The van der Waals surface area contributed by atoms with Crippen molar-refractivity contribution in [3.63, 3.8) is 0 Å². The van der Waals surface area contributed by atoms with Crippen LogP contribution >= 0.6 is 0 Å². The van der Waals surface area contributed by atoms with Crippen LogP contribution in [-0.2, 0) is 14.9 Å². The molecule has 152 valence electrons. The van der Waals surface area contributed by atoms with Gasteiger partial charge in [-0.25, -0.2) is 9.52 Å². The van der Waals surface area contributed by atoms with Crippen molar-refractivity contribution in [2.45, 2.75) is 65.5 Å². The third-order valence-corrected chi connectivity index (χ3v) is 6.42.